The van der Waals surface area contributed by atoms with Gasteiger partial charge in [-0.25, -0.2) is 0 Å². The zero-order valence-corrected chi connectivity index (χ0v) is 16.5. The predicted molar refractivity (Wildman–Crippen MR) is 99.0 cm³/mol. The molecular formula is C16H15BrCl2F3N3O. The summed E-state index contributed by atoms with van der Waals surface area (Å²) in [6.45, 7) is -0.529. The second kappa shape index (κ2) is 7.58. The number of rotatable bonds is 4. The number of carbonyl (C=O) groups excluding carboxylic acids is 1. The fraction of sp³-hybridized carbons (Fsp3) is 0.438. The van der Waals surface area contributed by atoms with Gasteiger partial charge in [-0.15, -0.1) is 0 Å². The van der Waals surface area contributed by atoms with E-state index in [4.69, 9.17) is 23.2 Å². The van der Waals surface area contributed by atoms with Gasteiger partial charge in [0.1, 0.15) is 0 Å². The number of hydrogen-bond acceptors (Lipinski definition) is 2. The lowest BCUT2D eigenvalue weighted by atomic mass is 9.97. The molecule has 0 fully saturated rings. The van der Waals surface area contributed by atoms with Crippen LogP contribution in [0.15, 0.2) is 10.5 Å². The molecule has 1 amide bonds. The summed E-state index contributed by atoms with van der Waals surface area (Å²) in [7, 11) is 0. The van der Waals surface area contributed by atoms with E-state index in [2.05, 4.69) is 31.5 Å². The first kappa shape index (κ1) is 19.8. The average molecular weight is 473 g/mol. The molecule has 2 heterocycles. The molecule has 2 aromatic rings. The Morgan fingerprint density at radius 1 is 1.35 bits per heavy atom. The highest BCUT2D eigenvalue weighted by Gasteiger charge is 2.29. The fourth-order valence-electron chi connectivity index (χ4n) is 3.20. The van der Waals surface area contributed by atoms with E-state index in [-0.39, 0.29) is 24.8 Å². The van der Waals surface area contributed by atoms with E-state index in [1.54, 1.807) is 6.07 Å². The molecule has 142 valence electrons. The number of aromatic amines is 1. The molecule has 26 heavy (non-hydrogen) atoms. The zero-order chi connectivity index (χ0) is 19.1. The highest BCUT2D eigenvalue weighted by molar-refractivity contribution is 9.10. The molecule has 0 saturated heterocycles. The van der Waals surface area contributed by atoms with Gasteiger partial charge < -0.3 is 15.6 Å². The molecule has 0 saturated carbocycles. The minimum absolute atomic E-state index is 0.143. The number of carbonyl (C=O) groups is 1. The highest BCUT2D eigenvalue weighted by atomic mass is 79.9. The molecule has 3 N–H and O–H groups in total. The Bertz CT molecular complexity index is 854. The van der Waals surface area contributed by atoms with Crippen LogP contribution >= 0.6 is 39.1 Å². The third kappa shape index (κ3) is 4.13. The van der Waals surface area contributed by atoms with Crippen LogP contribution in [0.3, 0.4) is 0 Å². The summed E-state index contributed by atoms with van der Waals surface area (Å²) in [5, 5.41) is 6.71. The number of benzene rings is 1. The molecule has 1 aliphatic heterocycles. The first-order valence-electron chi connectivity index (χ1n) is 7.89. The van der Waals surface area contributed by atoms with E-state index >= 15 is 0 Å². The van der Waals surface area contributed by atoms with Gasteiger partial charge in [-0.2, -0.15) is 13.2 Å². The summed E-state index contributed by atoms with van der Waals surface area (Å²) >= 11 is 15.9. The van der Waals surface area contributed by atoms with Gasteiger partial charge in [0.2, 0.25) is 5.91 Å². The summed E-state index contributed by atoms with van der Waals surface area (Å²) in [6, 6.07) is 1.67. The Kier molecular flexibility index (Phi) is 5.77. The molecule has 1 unspecified atom stereocenters. The summed E-state index contributed by atoms with van der Waals surface area (Å²) in [5.41, 5.74) is 2.22. The number of halogens is 6. The van der Waals surface area contributed by atoms with Crippen LogP contribution in [-0.4, -0.2) is 36.7 Å². The van der Waals surface area contributed by atoms with Crippen molar-refractivity contribution in [2.75, 3.05) is 19.6 Å². The van der Waals surface area contributed by atoms with Crippen LogP contribution in [0.1, 0.15) is 23.6 Å². The van der Waals surface area contributed by atoms with Gasteiger partial charge in [-0.05, 0) is 24.6 Å². The monoisotopic (exact) mass is 471 g/mol. The summed E-state index contributed by atoms with van der Waals surface area (Å²) < 4.78 is 37.6. The van der Waals surface area contributed by atoms with Gasteiger partial charge >= 0.3 is 6.18 Å². The summed E-state index contributed by atoms with van der Waals surface area (Å²) in [6.07, 6.45) is -3.66. The first-order chi connectivity index (χ1) is 12.2. The number of amides is 1. The number of fused-ring (bicyclic) bond motifs is 3. The number of H-pyrrole nitrogens is 1. The summed E-state index contributed by atoms with van der Waals surface area (Å²) in [5.74, 6) is -0.304. The minimum Gasteiger partial charge on any atom is -0.357 e. The molecule has 4 nitrogen and oxygen atoms in total. The van der Waals surface area contributed by atoms with Crippen LogP contribution in [-0.2, 0) is 11.2 Å². The fourth-order valence-corrected chi connectivity index (χ4v) is 4.40. The normalized spacial score (nSPS) is 17.9. The van der Waals surface area contributed by atoms with Crippen molar-refractivity contribution < 1.29 is 18.0 Å². The molecule has 1 aromatic heterocycles. The molecule has 0 radical (unpaired) electrons. The Hall–Kier alpha value is -0.960. The SMILES string of the molecule is O=C1Cc2c([nH]c3c(Cl)c(Cl)cc(Br)c23)C(CCNCC(F)(F)F)CN1. The van der Waals surface area contributed by atoms with Crippen LogP contribution in [0.2, 0.25) is 10.0 Å². The van der Waals surface area contributed by atoms with Crippen molar-refractivity contribution in [3.63, 3.8) is 0 Å². The van der Waals surface area contributed by atoms with Crippen molar-refractivity contribution in [1.82, 2.24) is 15.6 Å². The van der Waals surface area contributed by atoms with Crippen molar-refractivity contribution in [3.05, 3.63) is 31.8 Å². The molecule has 1 atom stereocenters. The molecule has 3 rings (SSSR count). The largest absolute Gasteiger partial charge is 0.401 e. The van der Waals surface area contributed by atoms with Crippen molar-refractivity contribution in [2.45, 2.75) is 24.9 Å². The first-order valence-corrected chi connectivity index (χ1v) is 9.44. The molecule has 0 spiro atoms. The van der Waals surface area contributed by atoms with Crippen LogP contribution < -0.4 is 10.6 Å². The van der Waals surface area contributed by atoms with Crippen molar-refractivity contribution in [1.29, 1.82) is 0 Å². The van der Waals surface area contributed by atoms with E-state index in [0.29, 0.717) is 33.0 Å². The van der Waals surface area contributed by atoms with E-state index in [0.717, 1.165) is 16.6 Å². The number of alkyl halides is 3. The molecule has 1 aliphatic rings. The molecule has 10 heteroatoms. The topological polar surface area (TPSA) is 56.9 Å². The maximum atomic E-state index is 12.3. The Balaban J connectivity index is 1.93. The molecule has 1 aromatic carbocycles. The van der Waals surface area contributed by atoms with Gasteiger partial charge in [-0.3, -0.25) is 4.79 Å². The number of nitrogens with one attached hydrogen (secondary N) is 3. The van der Waals surface area contributed by atoms with E-state index < -0.39 is 12.7 Å². The second-order valence-electron chi connectivity index (χ2n) is 6.18. The highest BCUT2D eigenvalue weighted by Crippen LogP contribution is 2.41. The van der Waals surface area contributed by atoms with Crippen molar-refractivity contribution in [2.24, 2.45) is 0 Å². The smallest absolute Gasteiger partial charge is 0.357 e. The lowest BCUT2D eigenvalue weighted by Crippen LogP contribution is -2.32. The third-order valence-electron chi connectivity index (χ3n) is 4.34. The van der Waals surface area contributed by atoms with Crippen LogP contribution in [0.25, 0.3) is 10.9 Å². The lowest BCUT2D eigenvalue weighted by molar-refractivity contribution is -0.124. The maximum absolute atomic E-state index is 12.3. The van der Waals surface area contributed by atoms with Crippen LogP contribution in [0.5, 0.6) is 0 Å². The number of hydrogen-bond donors (Lipinski definition) is 3. The van der Waals surface area contributed by atoms with E-state index in [9.17, 15) is 18.0 Å². The minimum atomic E-state index is -4.25. The van der Waals surface area contributed by atoms with Crippen LogP contribution in [0.4, 0.5) is 13.2 Å². The zero-order valence-electron chi connectivity index (χ0n) is 13.4. The van der Waals surface area contributed by atoms with E-state index in [1.165, 1.54) is 0 Å². The van der Waals surface area contributed by atoms with Crippen molar-refractivity contribution >= 4 is 55.9 Å². The Morgan fingerprint density at radius 2 is 2.08 bits per heavy atom. The van der Waals surface area contributed by atoms with Crippen LogP contribution in [0, 0.1) is 0 Å². The average Bonchev–Trinajstić information content (AvgIpc) is 2.83. The van der Waals surface area contributed by atoms with Gasteiger partial charge in [0, 0.05) is 28.0 Å². The molecule has 0 bridgehead atoms. The van der Waals surface area contributed by atoms with Gasteiger partial charge in [-0.1, -0.05) is 39.1 Å². The second-order valence-corrected chi connectivity index (χ2v) is 7.82. The predicted octanol–water partition coefficient (Wildman–Crippen LogP) is 4.54. The Labute approximate surface area is 165 Å². The maximum Gasteiger partial charge on any atom is 0.401 e. The van der Waals surface area contributed by atoms with Gasteiger partial charge in [0.05, 0.1) is 28.5 Å². The number of aromatic nitrogens is 1. The summed E-state index contributed by atoms with van der Waals surface area (Å²) in [4.78, 5) is 15.3. The standard InChI is InChI=1S/C16H15BrCl2F3N3O/c17-9-4-10(18)13(19)15-12(9)8-3-11(26)24-5-7(14(8)25-15)1-2-23-6-16(20,21)22/h4,7,23,25H,1-3,5-6H2,(H,24,26). The lowest BCUT2D eigenvalue weighted by Gasteiger charge is -2.16. The van der Waals surface area contributed by atoms with Gasteiger partial charge in [0.25, 0.3) is 0 Å². The van der Waals surface area contributed by atoms with Crippen molar-refractivity contribution in [3.8, 4) is 0 Å². The molecular weight excluding hydrogens is 458 g/mol. The third-order valence-corrected chi connectivity index (χ3v) is 5.76. The van der Waals surface area contributed by atoms with Gasteiger partial charge in [0.15, 0.2) is 0 Å². The molecule has 0 aliphatic carbocycles. The van der Waals surface area contributed by atoms with E-state index in [1.807, 2.05) is 0 Å². The Morgan fingerprint density at radius 3 is 2.77 bits per heavy atom. The quantitative estimate of drug-likeness (QED) is 0.452.